The molecule has 1 aromatic heterocycles. The van der Waals surface area contributed by atoms with E-state index in [1.165, 1.54) is 0 Å². The molecule has 0 aliphatic carbocycles. The number of benzene rings is 1. The smallest absolute Gasteiger partial charge is 0.133 e. The molecular weight excluding hydrogens is 198 g/mol. The Morgan fingerprint density at radius 1 is 1.06 bits per heavy atom. The molecule has 3 nitrogen and oxygen atoms in total. The van der Waals surface area contributed by atoms with Crippen LogP contribution < -0.4 is 10.6 Å². The Kier molecular flexibility index (Phi) is 2.77. The van der Waals surface area contributed by atoms with Crippen LogP contribution in [-0.2, 0) is 0 Å². The number of rotatable bonds is 2. The van der Waals surface area contributed by atoms with Crippen LogP contribution in [0.2, 0.25) is 0 Å². The van der Waals surface area contributed by atoms with Crippen LogP contribution in [0.5, 0.6) is 0 Å². The van der Waals surface area contributed by atoms with Gasteiger partial charge in [-0.05, 0) is 31.2 Å². The lowest BCUT2D eigenvalue weighted by molar-refractivity contribution is 1.09. The van der Waals surface area contributed by atoms with E-state index in [2.05, 4.69) is 4.98 Å². The molecule has 2 N–H and O–H groups in total. The lowest BCUT2D eigenvalue weighted by Gasteiger charge is -2.18. The molecule has 0 aliphatic heterocycles. The lowest BCUT2D eigenvalue weighted by atomic mass is 10.2. The zero-order valence-corrected chi connectivity index (χ0v) is 9.51. The minimum atomic E-state index is 0.727. The quantitative estimate of drug-likeness (QED) is 0.834. The molecule has 1 aromatic carbocycles. The Morgan fingerprint density at radius 3 is 2.38 bits per heavy atom. The standard InChI is InChI=1S/C13H15N3/c1-10-12(14)8-9-13(15-10)16(2)11-6-4-3-5-7-11/h3-9H,14H2,1-2H3. The summed E-state index contributed by atoms with van der Waals surface area (Å²) in [5.74, 6) is 0.901. The molecule has 0 amide bonds. The predicted octanol–water partition coefficient (Wildman–Crippen LogP) is 2.74. The number of anilines is 3. The van der Waals surface area contributed by atoms with Crippen LogP contribution in [0, 0.1) is 6.92 Å². The van der Waals surface area contributed by atoms with Crippen molar-refractivity contribution in [3.63, 3.8) is 0 Å². The summed E-state index contributed by atoms with van der Waals surface area (Å²) in [6.45, 7) is 1.91. The topological polar surface area (TPSA) is 42.2 Å². The van der Waals surface area contributed by atoms with Crippen molar-refractivity contribution >= 4 is 17.2 Å². The monoisotopic (exact) mass is 213 g/mol. The van der Waals surface area contributed by atoms with E-state index < -0.39 is 0 Å². The van der Waals surface area contributed by atoms with Crippen molar-refractivity contribution < 1.29 is 0 Å². The maximum Gasteiger partial charge on any atom is 0.133 e. The summed E-state index contributed by atoms with van der Waals surface area (Å²) >= 11 is 0. The molecule has 1 heterocycles. The van der Waals surface area contributed by atoms with E-state index in [1.807, 2.05) is 61.3 Å². The van der Waals surface area contributed by atoms with Gasteiger partial charge >= 0.3 is 0 Å². The highest BCUT2D eigenvalue weighted by molar-refractivity contribution is 5.61. The molecule has 2 rings (SSSR count). The highest BCUT2D eigenvalue weighted by Crippen LogP contribution is 2.22. The van der Waals surface area contributed by atoms with Gasteiger partial charge in [-0.3, -0.25) is 0 Å². The van der Waals surface area contributed by atoms with Crippen molar-refractivity contribution in [3.8, 4) is 0 Å². The van der Waals surface area contributed by atoms with E-state index >= 15 is 0 Å². The number of aryl methyl sites for hydroxylation is 1. The molecule has 0 saturated heterocycles. The van der Waals surface area contributed by atoms with E-state index in [0.717, 1.165) is 22.9 Å². The highest BCUT2D eigenvalue weighted by atomic mass is 15.2. The van der Waals surface area contributed by atoms with Crippen LogP contribution in [0.1, 0.15) is 5.69 Å². The van der Waals surface area contributed by atoms with Gasteiger partial charge in [0.2, 0.25) is 0 Å². The van der Waals surface area contributed by atoms with Gasteiger partial charge in [-0.15, -0.1) is 0 Å². The van der Waals surface area contributed by atoms with Gasteiger partial charge in [0.1, 0.15) is 5.82 Å². The fraction of sp³-hybridized carbons (Fsp3) is 0.154. The van der Waals surface area contributed by atoms with E-state index in [9.17, 15) is 0 Å². The molecule has 16 heavy (non-hydrogen) atoms. The van der Waals surface area contributed by atoms with E-state index in [-0.39, 0.29) is 0 Å². The molecule has 0 aliphatic rings. The summed E-state index contributed by atoms with van der Waals surface area (Å²) in [4.78, 5) is 6.48. The van der Waals surface area contributed by atoms with Crippen LogP contribution in [0.15, 0.2) is 42.5 Å². The second-order valence-corrected chi connectivity index (χ2v) is 3.74. The average molecular weight is 213 g/mol. The zero-order valence-electron chi connectivity index (χ0n) is 9.51. The number of nitrogens with zero attached hydrogens (tertiary/aromatic N) is 2. The molecule has 0 atom stereocenters. The first-order valence-corrected chi connectivity index (χ1v) is 5.20. The molecule has 0 unspecified atom stereocenters. The number of hydrogen-bond acceptors (Lipinski definition) is 3. The highest BCUT2D eigenvalue weighted by Gasteiger charge is 2.05. The molecule has 0 bridgehead atoms. The van der Waals surface area contributed by atoms with Gasteiger partial charge in [-0.2, -0.15) is 0 Å². The Bertz CT molecular complexity index is 480. The van der Waals surface area contributed by atoms with Crippen molar-refractivity contribution in [3.05, 3.63) is 48.2 Å². The summed E-state index contributed by atoms with van der Waals surface area (Å²) in [6, 6.07) is 13.9. The molecular formula is C13H15N3. The molecule has 0 radical (unpaired) electrons. The van der Waals surface area contributed by atoms with E-state index in [1.54, 1.807) is 0 Å². The van der Waals surface area contributed by atoms with Gasteiger partial charge in [-0.1, -0.05) is 18.2 Å². The first-order valence-electron chi connectivity index (χ1n) is 5.20. The minimum Gasteiger partial charge on any atom is -0.397 e. The molecule has 3 heteroatoms. The third-order valence-electron chi connectivity index (χ3n) is 2.60. The van der Waals surface area contributed by atoms with Crippen LogP contribution in [0.3, 0.4) is 0 Å². The van der Waals surface area contributed by atoms with Crippen LogP contribution in [0.25, 0.3) is 0 Å². The van der Waals surface area contributed by atoms with Gasteiger partial charge in [0.05, 0.1) is 11.4 Å². The maximum absolute atomic E-state index is 5.75. The zero-order chi connectivity index (χ0) is 11.5. The summed E-state index contributed by atoms with van der Waals surface area (Å²) in [5.41, 5.74) is 8.45. The Morgan fingerprint density at radius 2 is 1.75 bits per heavy atom. The number of nitrogens with two attached hydrogens (primary N) is 1. The Labute approximate surface area is 95.5 Å². The third kappa shape index (κ3) is 1.98. The van der Waals surface area contributed by atoms with Gasteiger partial charge in [0.15, 0.2) is 0 Å². The molecule has 0 spiro atoms. The molecule has 82 valence electrons. The van der Waals surface area contributed by atoms with Crippen molar-refractivity contribution in [2.24, 2.45) is 0 Å². The second-order valence-electron chi connectivity index (χ2n) is 3.74. The number of para-hydroxylation sites is 1. The molecule has 2 aromatic rings. The van der Waals surface area contributed by atoms with Crippen molar-refractivity contribution in [1.29, 1.82) is 0 Å². The van der Waals surface area contributed by atoms with Crippen molar-refractivity contribution in [2.75, 3.05) is 17.7 Å². The summed E-state index contributed by atoms with van der Waals surface area (Å²) in [5, 5.41) is 0. The largest absolute Gasteiger partial charge is 0.397 e. The molecule has 0 fully saturated rings. The Hall–Kier alpha value is -2.03. The predicted molar refractivity (Wildman–Crippen MR) is 67.9 cm³/mol. The first-order chi connectivity index (χ1) is 7.68. The SMILES string of the molecule is Cc1nc(N(C)c2ccccc2)ccc1N. The fourth-order valence-electron chi connectivity index (χ4n) is 1.53. The summed E-state index contributed by atoms with van der Waals surface area (Å²) in [6.07, 6.45) is 0. The van der Waals surface area contributed by atoms with Crippen molar-refractivity contribution in [2.45, 2.75) is 6.92 Å². The fourth-order valence-corrected chi connectivity index (χ4v) is 1.53. The van der Waals surface area contributed by atoms with Crippen LogP contribution >= 0.6 is 0 Å². The summed E-state index contributed by atoms with van der Waals surface area (Å²) < 4.78 is 0. The lowest BCUT2D eigenvalue weighted by Crippen LogP contribution is -2.11. The number of aromatic nitrogens is 1. The molecule has 0 saturated carbocycles. The van der Waals surface area contributed by atoms with Crippen molar-refractivity contribution in [1.82, 2.24) is 4.98 Å². The summed E-state index contributed by atoms with van der Waals surface area (Å²) in [7, 11) is 1.99. The second kappa shape index (κ2) is 4.23. The number of pyridine rings is 1. The van der Waals surface area contributed by atoms with Gasteiger partial charge in [0, 0.05) is 12.7 Å². The number of hydrogen-bond donors (Lipinski definition) is 1. The van der Waals surface area contributed by atoms with Crippen LogP contribution in [-0.4, -0.2) is 12.0 Å². The van der Waals surface area contributed by atoms with Gasteiger partial charge in [-0.25, -0.2) is 4.98 Å². The van der Waals surface area contributed by atoms with Gasteiger partial charge in [0.25, 0.3) is 0 Å². The first kappa shape index (κ1) is 10.5. The van der Waals surface area contributed by atoms with Crippen LogP contribution in [0.4, 0.5) is 17.2 Å². The third-order valence-corrected chi connectivity index (χ3v) is 2.60. The minimum absolute atomic E-state index is 0.727. The van der Waals surface area contributed by atoms with Gasteiger partial charge < -0.3 is 10.6 Å². The normalized spacial score (nSPS) is 10.1. The number of nitrogen functional groups attached to an aromatic ring is 1. The van der Waals surface area contributed by atoms with E-state index in [0.29, 0.717) is 0 Å². The van der Waals surface area contributed by atoms with E-state index in [4.69, 9.17) is 5.73 Å². The Balaban J connectivity index is 2.34. The average Bonchev–Trinajstić information content (AvgIpc) is 2.33. The maximum atomic E-state index is 5.75.